The first kappa shape index (κ1) is 12.0. The molecule has 0 radical (unpaired) electrons. The van der Waals surface area contributed by atoms with Crippen LogP contribution >= 0.6 is 0 Å². The molecule has 15 heavy (non-hydrogen) atoms. The van der Waals surface area contributed by atoms with E-state index in [1.807, 2.05) is 0 Å². The van der Waals surface area contributed by atoms with E-state index in [4.69, 9.17) is 10.2 Å². The number of alkyl halides is 3. The highest BCUT2D eigenvalue weighted by Gasteiger charge is 2.57. The van der Waals surface area contributed by atoms with Crippen LogP contribution in [0.3, 0.4) is 0 Å². The summed E-state index contributed by atoms with van der Waals surface area (Å²) in [6, 6.07) is 0. The second-order valence-corrected chi connectivity index (χ2v) is 3.17. The van der Waals surface area contributed by atoms with E-state index in [1.54, 1.807) is 0 Å². The highest BCUT2D eigenvalue weighted by Crippen LogP contribution is 2.40. The zero-order valence-corrected chi connectivity index (χ0v) is 8.01. The fourth-order valence-corrected chi connectivity index (χ4v) is 1.12. The number of oxazole rings is 1. The summed E-state index contributed by atoms with van der Waals surface area (Å²) in [5.74, 6) is -0.567. The first-order chi connectivity index (χ1) is 6.81. The van der Waals surface area contributed by atoms with Gasteiger partial charge < -0.3 is 15.3 Å². The summed E-state index contributed by atoms with van der Waals surface area (Å²) in [5, 5.41) is 9.47. The van der Waals surface area contributed by atoms with Gasteiger partial charge in [0, 0.05) is 6.42 Å². The van der Waals surface area contributed by atoms with Crippen LogP contribution in [0, 0.1) is 6.92 Å². The Kier molecular flexibility index (Phi) is 3.05. The van der Waals surface area contributed by atoms with Crippen LogP contribution in [0.1, 0.15) is 18.1 Å². The Labute approximate surface area is 83.9 Å². The smallest absolute Gasteiger partial charge is 0.426 e. The summed E-state index contributed by atoms with van der Waals surface area (Å²) < 4.78 is 42.4. The Morgan fingerprint density at radius 3 is 2.47 bits per heavy atom. The second kappa shape index (κ2) is 3.82. The van der Waals surface area contributed by atoms with Crippen molar-refractivity contribution in [1.82, 2.24) is 4.98 Å². The Morgan fingerprint density at radius 1 is 1.53 bits per heavy atom. The quantitative estimate of drug-likeness (QED) is 0.805. The van der Waals surface area contributed by atoms with Crippen LogP contribution in [0.5, 0.6) is 0 Å². The van der Waals surface area contributed by atoms with E-state index in [1.165, 1.54) is 6.92 Å². The minimum Gasteiger partial charge on any atom is -0.443 e. The highest BCUT2D eigenvalue weighted by molar-refractivity contribution is 5.05. The maximum absolute atomic E-state index is 12.6. The molecular formula is C8H11F3N2O2. The molecule has 0 saturated carbocycles. The zero-order valence-electron chi connectivity index (χ0n) is 8.01. The molecule has 0 saturated heterocycles. The molecule has 1 rings (SSSR count). The molecule has 1 atom stereocenters. The van der Waals surface area contributed by atoms with Crippen molar-refractivity contribution >= 4 is 0 Å². The molecule has 0 amide bonds. The molecule has 1 unspecified atom stereocenters. The fraction of sp³-hybridized carbons (Fsp3) is 0.625. The molecule has 0 aliphatic carbocycles. The van der Waals surface area contributed by atoms with Gasteiger partial charge in [-0.2, -0.15) is 13.2 Å². The molecular weight excluding hydrogens is 213 g/mol. The molecule has 0 spiro atoms. The lowest BCUT2D eigenvalue weighted by Gasteiger charge is -2.26. The fourth-order valence-electron chi connectivity index (χ4n) is 1.12. The average Bonchev–Trinajstić information content (AvgIpc) is 2.50. The molecule has 86 valence electrons. The van der Waals surface area contributed by atoms with Crippen molar-refractivity contribution in [2.24, 2.45) is 5.73 Å². The molecule has 3 N–H and O–H groups in total. The third-order valence-electron chi connectivity index (χ3n) is 1.95. The Morgan fingerprint density at radius 2 is 2.13 bits per heavy atom. The van der Waals surface area contributed by atoms with Gasteiger partial charge in [0.15, 0.2) is 0 Å². The number of aromatic nitrogens is 1. The molecule has 7 heteroatoms. The lowest BCUT2D eigenvalue weighted by Crippen LogP contribution is -2.44. The maximum Gasteiger partial charge on any atom is 0.426 e. The van der Waals surface area contributed by atoms with E-state index >= 15 is 0 Å². The van der Waals surface area contributed by atoms with Gasteiger partial charge in [0.2, 0.25) is 11.5 Å². The normalized spacial score (nSPS) is 16.4. The molecule has 1 aromatic heterocycles. The standard InChI is InChI=1S/C8H11F3N2O2/c1-5-4-13-6(15-5)7(14,2-3-12)8(9,10)11/h4,14H,2-3,12H2,1H3. The van der Waals surface area contributed by atoms with Crippen LogP contribution in [0.4, 0.5) is 13.2 Å². The first-order valence-electron chi connectivity index (χ1n) is 4.23. The first-order valence-corrected chi connectivity index (χ1v) is 4.23. The van der Waals surface area contributed by atoms with Gasteiger partial charge in [-0.05, 0) is 13.5 Å². The Bertz CT molecular complexity index is 337. The van der Waals surface area contributed by atoms with Gasteiger partial charge in [-0.3, -0.25) is 0 Å². The summed E-state index contributed by atoms with van der Waals surface area (Å²) in [7, 11) is 0. The summed E-state index contributed by atoms with van der Waals surface area (Å²) >= 11 is 0. The maximum atomic E-state index is 12.6. The van der Waals surface area contributed by atoms with Gasteiger partial charge >= 0.3 is 6.18 Å². The third-order valence-corrected chi connectivity index (χ3v) is 1.95. The number of hydrogen-bond donors (Lipinski definition) is 2. The molecule has 0 fully saturated rings. The lowest BCUT2D eigenvalue weighted by molar-refractivity contribution is -0.276. The summed E-state index contributed by atoms with van der Waals surface area (Å²) in [6.07, 6.45) is -4.43. The number of nitrogens with two attached hydrogens (primary N) is 1. The van der Waals surface area contributed by atoms with Crippen molar-refractivity contribution in [2.75, 3.05) is 6.54 Å². The van der Waals surface area contributed by atoms with Crippen molar-refractivity contribution in [3.05, 3.63) is 17.8 Å². The molecule has 0 aromatic carbocycles. The van der Waals surface area contributed by atoms with Crippen molar-refractivity contribution in [1.29, 1.82) is 0 Å². The Balaban J connectivity index is 3.12. The number of nitrogens with zero attached hydrogens (tertiary/aromatic N) is 1. The van der Waals surface area contributed by atoms with Crippen molar-refractivity contribution in [3.63, 3.8) is 0 Å². The largest absolute Gasteiger partial charge is 0.443 e. The van der Waals surface area contributed by atoms with E-state index < -0.39 is 24.1 Å². The lowest BCUT2D eigenvalue weighted by atomic mass is 9.99. The average molecular weight is 224 g/mol. The summed E-state index contributed by atoms with van der Waals surface area (Å²) in [4.78, 5) is 3.38. The third kappa shape index (κ3) is 2.13. The van der Waals surface area contributed by atoms with Crippen molar-refractivity contribution in [3.8, 4) is 0 Å². The van der Waals surface area contributed by atoms with Crippen LogP contribution in [-0.4, -0.2) is 22.8 Å². The zero-order chi connectivity index (χ0) is 11.7. The van der Waals surface area contributed by atoms with E-state index in [2.05, 4.69) is 4.98 Å². The van der Waals surface area contributed by atoms with Crippen LogP contribution in [0.25, 0.3) is 0 Å². The van der Waals surface area contributed by atoms with E-state index in [0.29, 0.717) is 0 Å². The minimum atomic E-state index is -4.86. The molecule has 1 heterocycles. The predicted molar refractivity (Wildman–Crippen MR) is 44.9 cm³/mol. The van der Waals surface area contributed by atoms with Crippen LogP contribution in [0.2, 0.25) is 0 Å². The highest BCUT2D eigenvalue weighted by atomic mass is 19.4. The molecule has 0 bridgehead atoms. The SMILES string of the molecule is Cc1cnc(C(O)(CCN)C(F)(F)F)o1. The number of hydrogen-bond acceptors (Lipinski definition) is 4. The van der Waals surface area contributed by atoms with Gasteiger partial charge in [-0.15, -0.1) is 0 Å². The minimum absolute atomic E-state index is 0.199. The predicted octanol–water partition coefficient (Wildman–Crippen LogP) is 1.08. The van der Waals surface area contributed by atoms with Gasteiger partial charge in [-0.1, -0.05) is 0 Å². The van der Waals surface area contributed by atoms with Gasteiger partial charge in [-0.25, -0.2) is 4.98 Å². The monoisotopic (exact) mass is 224 g/mol. The van der Waals surface area contributed by atoms with Crippen molar-refractivity contribution in [2.45, 2.75) is 25.1 Å². The van der Waals surface area contributed by atoms with E-state index in [-0.39, 0.29) is 12.3 Å². The molecule has 1 aromatic rings. The summed E-state index contributed by atoms with van der Waals surface area (Å²) in [5.41, 5.74) is 1.92. The number of halogens is 3. The van der Waals surface area contributed by atoms with Gasteiger partial charge in [0.1, 0.15) is 5.76 Å². The summed E-state index contributed by atoms with van der Waals surface area (Å²) in [6.45, 7) is 1.12. The van der Waals surface area contributed by atoms with Gasteiger partial charge in [0.25, 0.3) is 0 Å². The Hall–Kier alpha value is -1.08. The number of rotatable bonds is 3. The van der Waals surface area contributed by atoms with Crippen LogP contribution in [-0.2, 0) is 5.60 Å². The number of aliphatic hydroxyl groups is 1. The van der Waals surface area contributed by atoms with Crippen LogP contribution in [0.15, 0.2) is 10.6 Å². The van der Waals surface area contributed by atoms with Gasteiger partial charge in [0.05, 0.1) is 6.20 Å². The van der Waals surface area contributed by atoms with E-state index in [9.17, 15) is 18.3 Å². The topological polar surface area (TPSA) is 72.3 Å². The molecule has 4 nitrogen and oxygen atoms in total. The van der Waals surface area contributed by atoms with E-state index in [0.717, 1.165) is 6.20 Å². The molecule has 0 aliphatic heterocycles. The molecule has 0 aliphatic rings. The second-order valence-electron chi connectivity index (χ2n) is 3.17. The van der Waals surface area contributed by atoms with Crippen molar-refractivity contribution < 1.29 is 22.7 Å². The van der Waals surface area contributed by atoms with Crippen LogP contribution < -0.4 is 5.73 Å². The number of aryl methyl sites for hydroxylation is 1.